The summed E-state index contributed by atoms with van der Waals surface area (Å²) in [6, 6.07) is 22.0. The van der Waals surface area contributed by atoms with E-state index in [-0.39, 0.29) is 0 Å². The number of aromatic nitrogens is 4. The lowest BCUT2D eigenvalue weighted by Crippen LogP contribution is -2.35. The highest BCUT2D eigenvalue weighted by Gasteiger charge is 2.14. The average molecular weight is 481 g/mol. The maximum atomic E-state index is 5.72. The largest absolute Gasteiger partial charge is 0.489 e. The van der Waals surface area contributed by atoms with Gasteiger partial charge in [0.05, 0.1) is 22.8 Å². The van der Waals surface area contributed by atoms with E-state index in [1.807, 2.05) is 67.1 Å². The Kier molecular flexibility index (Phi) is 9.66. The zero-order chi connectivity index (χ0) is 24.8. The molecule has 4 heterocycles. The van der Waals surface area contributed by atoms with Crippen LogP contribution in [0.2, 0.25) is 0 Å². The molecule has 0 bridgehead atoms. The topological polar surface area (TPSA) is 67.3 Å². The van der Waals surface area contributed by atoms with Gasteiger partial charge in [-0.2, -0.15) is 0 Å². The van der Waals surface area contributed by atoms with Crippen LogP contribution >= 0.6 is 0 Å². The molecule has 0 unspecified atom stereocenters. The van der Waals surface area contributed by atoms with Gasteiger partial charge >= 0.3 is 0 Å². The highest BCUT2D eigenvalue weighted by Crippen LogP contribution is 2.15. The molecular formula is C29H32N6O. The van der Waals surface area contributed by atoms with E-state index in [0.29, 0.717) is 13.2 Å². The number of pyridine rings is 4. The molecule has 184 valence electrons. The number of nitrogens with zero attached hydrogens (tertiary/aromatic N) is 6. The first-order valence-corrected chi connectivity index (χ1v) is 12.1. The van der Waals surface area contributed by atoms with Crippen LogP contribution in [0.5, 0.6) is 5.75 Å². The highest BCUT2D eigenvalue weighted by molar-refractivity contribution is 5.23. The van der Waals surface area contributed by atoms with Crippen LogP contribution in [0.1, 0.15) is 22.8 Å². The normalized spacial score (nSPS) is 11.1. The number of ether oxygens (including phenoxy) is 1. The van der Waals surface area contributed by atoms with Crippen molar-refractivity contribution in [3.63, 3.8) is 0 Å². The molecule has 0 radical (unpaired) electrons. The Morgan fingerprint density at radius 2 is 1.08 bits per heavy atom. The Morgan fingerprint density at radius 1 is 0.611 bits per heavy atom. The van der Waals surface area contributed by atoms with Gasteiger partial charge in [0, 0.05) is 70.1 Å². The second-order valence-corrected chi connectivity index (χ2v) is 8.47. The maximum Gasteiger partial charge on any atom is 0.123 e. The van der Waals surface area contributed by atoms with Crippen molar-refractivity contribution in [3.05, 3.63) is 127 Å². The third kappa shape index (κ3) is 8.37. The molecule has 0 aromatic carbocycles. The lowest BCUT2D eigenvalue weighted by atomic mass is 10.2. The van der Waals surface area contributed by atoms with Crippen molar-refractivity contribution < 1.29 is 4.74 Å². The van der Waals surface area contributed by atoms with Gasteiger partial charge in [-0.3, -0.25) is 29.7 Å². The minimum absolute atomic E-state index is 0.469. The molecule has 0 spiro atoms. The molecule has 0 aliphatic carbocycles. The average Bonchev–Trinajstić information content (AvgIpc) is 2.92. The van der Waals surface area contributed by atoms with Gasteiger partial charge in [0.2, 0.25) is 0 Å². The molecule has 0 N–H and O–H groups in total. The van der Waals surface area contributed by atoms with Crippen molar-refractivity contribution >= 4 is 0 Å². The predicted octanol–water partition coefficient (Wildman–Crippen LogP) is 4.54. The number of rotatable bonds is 14. The van der Waals surface area contributed by atoms with Crippen molar-refractivity contribution in [2.45, 2.75) is 26.2 Å². The van der Waals surface area contributed by atoms with E-state index in [9.17, 15) is 0 Å². The van der Waals surface area contributed by atoms with Crippen LogP contribution in [0.3, 0.4) is 0 Å². The van der Waals surface area contributed by atoms with E-state index in [0.717, 1.165) is 61.2 Å². The van der Waals surface area contributed by atoms with E-state index in [2.05, 4.69) is 54.5 Å². The summed E-state index contributed by atoms with van der Waals surface area (Å²) >= 11 is 0. The smallest absolute Gasteiger partial charge is 0.123 e. The standard InChI is InChI=1S/C29H32N6O/c1-2-19-36-29-12-16-33-28(20-29)24-35(23-27-11-5-8-15-32-27)18-17-34(21-25-9-3-6-13-30-25)22-26-10-4-7-14-31-26/h2-16,20H,1,17-19,21-24H2. The Balaban J connectivity index is 1.48. The fraction of sp³-hybridized carbons (Fsp3) is 0.241. The molecule has 0 amide bonds. The third-order valence-electron chi connectivity index (χ3n) is 5.61. The maximum absolute atomic E-state index is 5.72. The molecule has 4 rings (SSSR count). The fourth-order valence-electron chi connectivity index (χ4n) is 3.89. The van der Waals surface area contributed by atoms with Crippen molar-refractivity contribution in [1.82, 2.24) is 29.7 Å². The zero-order valence-corrected chi connectivity index (χ0v) is 20.5. The van der Waals surface area contributed by atoms with Crippen LogP contribution in [0, 0.1) is 0 Å². The monoisotopic (exact) mass is 480 g/mol. The zero-order valence-electron chi connectivity index (χ0n) is 20.5. The highest BCUT2D eigenvalue weighted by atomic mass is 16.5. The predicted molar refractivity (Wildman–Crippen MR) is 141 cm³/mol. The molecule has 0 saturated heterocycles. The Bertz CT molecular complexity index is 1130. The molecule has 0 aliphatic heterocycles. The van der Waals surface area contributed by atoms with Crippen molar-refractivity contribution in [1.29, 1.82) is 0 Å². The minimum atomic E-state index is 0.469. The SMILES string of the molecule is C=CCOc1ccnc(CN(CCN(Cc2ccccn2)Cc2ccccn2)Cc2ccccn2)c1. The number of hydrogen-bond acceptors (Lipinski definition) is 7. The van der Waals surface area contributed by atoms with Gasteiger partial charge in [-0.1, -0.05) is 30.9 Å². The summed E-state index contributed by atoms with van der Waals surface area (Å²) in [6.07, 6.45) is 9.06. The van der Waals surface area contributed by atoms with Gasteiger partial charge in [-0.25, -0.2) is 0 Å². The van der Waals surface area contributed by atoms with E-state index in [1.54, 1.807) is 12.3 Å². The van der Waals surface area contributed by atoms with Crippen LogP contribution in [-0.4, -0.2) is 49.4 Å². The molecule has 0 atom stereocenters. The Morgan fingerprint density at radius 3 is 1.53 bits per heavy atom. The Labute approximate surface area is 213 Å². The van der Waals surface area contributed by atoms with E-state index >= 15 is 0 Å². The molecular weight excluding hydrogens is 448 g/mol. The van der Waals surface area contributed by atoms with Crippen LogP contribution in [0.25, 0.3) is 0 Å². The first-order valence-electron chi connectivity index (χ1n) is 12.1. The van der Waals surface area contributed by atoms with Gasteiger partial charge < -0.3 is 4.74 Å². The van der Waals surface area contributed by atoms with E-state index in [4.69, 9.17) is 4.74 Å². The van der Waals surface area contributed by atoms with Crippen LogP contribution < -0.4 is 4.74 Å². The van der Waals surface area contributed by atoms with Crippen LogP contribution in [-0.2, 0) is 26.2 Å². The van der Waals surface area contributed by atoms with Crippen molar-refractivity contribution in [3.8, 4) is 5.75 Å². The minimum Gasteiger partial charge on any atom is -0.489 e. The summed E-state index contributed by atoms with van der Waals surface area (Å²) in [6.45, 7) is 8.77. The van der Waals surface area contributed by atoms with Crippen LogP contribution in [0.15, 0.2) is 104 Å². The van der Waals surface area contributed by atoms with Gasteiger partial charge in [-0.05, 0) is 42.5 Å². The summed E-state index contributed by atoms with van der Waals surface area (Å²) in [5, 5.41) is 0. The summed E-state index contributed by atoms with van der Waals surface area (Å²) in [7, 11) is 0. The summed E-state index contributed by atoms with van der Waals surface area (Å²) in [4.78, 5) is 23.0. The molecule has 0 aliphatic rings. The van der Waals surface area contributed by atoms with Gasteiger partial charge in [0.1, 0.15) is 12.4 Å². The van der Waals surface area contributed by atoms with E-state index in [1.165, 1.54) is 0 Å². The van der Waals surface area contributed by atoms with Crippen molar-refractivity contribution in [2.24, 2.45) is 0 Å². The molecule has 0 fully saturated rings. The molecule has 7 heteroatoms. The summed E-state index contributed by atoms with van der Waals surface area (Å²) < 4.78 is 5.72. The van der Waals surface area contributed by atoms with Gasteiger partial charge in [0.25, 0.3) is 0 Å². The quantitative estimate of drug-likeness (QED) is 0.246. The third-order valence-corrected chi connectivity index (χ3v) is 5.61. The molecule has 0 saturated carbocycles. The van der Waals surface area contributed by atoms with Crippen molar-refractivity contribution in [2.75, 3.05) is 19.7 Å². The second-order valence-electron chi connectivity index (χ2n) is 8.47. The van der Waals surface area contributed by atoms with Gasteiger partial charge in [-0.15, -0.1) is 0 Å². The molecule has 4 aromatic rings. The lowest BCUT2D eigenvalue weighted by Gasteiger charge is -2.27. The molecule has 7 nitrogen and oxygen atoms in total. The van der Waals surface area contributed by atoms with Crippen LogP contribution in [0.4, 0.5) is 0 Å². The first kappa shape index (κ1) is 25.2. The van der Waals surface area contributed by atoms with E-state index < -0.39 is 0 Å². The summed E-state index contributed by atoms with van der Waals surface area (Å²) in [5.74, 6) is 0.796. The van der Waals surface area contributed by atoms with Gasteiger partial charge in [0.15, 0.2) is 0 Å². The Hall–Kier alpha value is -3.94. The second kappa shape index (κ2) is 13.8. The number of hydrogen-bond donors (Lipinski definition) is 0. The summed E-state index contributed by atoms with van der Waals surface area (Å²) in [5.41, 5.74) is 4.06. The lowest BCUT2D eigenvalue weighted by molar-refractivity contribution is 0.178. The first-order chi connectivity index (χ1) is 17.8. The molecule has 36 heavy (non-hydrogen) atoms. The molecule has 4 aromatic heterocycles. The fourth-order valence-corrected chi connectivity index (χ4v) is 3.89.